The highest BCUT2D eigenvalue weighted by atomic mass is 19.2. The Bertz CT molecular complexity index is 1500. The highest BCUT2D eigenvalue weighted by Gasteiger charge is 2.88. The van der Waals surface area contributed by atoms with Crippen molar-refractivity contribution in [2.45, 2.75) is 0 Å². The van der Waals surface area contributed by atoms with Gasteiger partial charge >= 0.3 is 5.97 Å². The average Bonchev–Trinajstić information content (AvgIpc) is 3.41. The fourth-order valence-corrected chi connectivity index (χ4v) is 12.2. The normalized spacial score (nSPS) is 15.0. The van der Waals surface area contributed by atoms with Crippen LogP contribution >= 0.6 is 0 Å². The third-order valence-electron chi connectivity index (χ3n) is 17.7. The van der Waals surface area contributed by atoms with Crippen LogP contribution in [-0.4, -0.2) is 191 Å². The van der Waals surface area contributed by atoms with Crippen molar-refractivity contribution in [1.29, 1.82) is 0 Å². The molecule has 29 heteroatoms. The maximum Gasteiger partial charge on any atom is 0.315 e. The van der Waals surface area contributed by atoms with Crippen LogP contribution in [-0.2, 0) is 4.79 Å². The molecule has 0 aromatic carbocycles. The molecule has 0 fully saturated rings. The predicted molar refractivity (Wildman–Crippen MR) is 201 cm³/mol. The molecule has 2 nitrogen and oxygen atoms in total. The Morgan fingerprint density at radius 2 is 0.329 bits per heavy atom. The Balaban J connectivity index is 10.8. The molecular formula is C41H55F27O2. The van der Waals surface area contributed by atoms with Crippen molar-refractivity contribution in [2.75, 3.05) is 180 Å². The molecule has 0 aliphatic heterocycles. The second-order valence-electron chi connectivity index (χ2n) is 18.2. The molecule has 0 spiro atoms. The monoisotopic (exact) mass is 1090 g/mol. The maximum absolute atomic E-state index is 16.6. The molecule has 0 heterocycles. The summed E-state index contributed by atoms with van der Waals surface area (Å²) in [5.41, 5.74) is -68.8. The van der Waals surface area contributed by atoms with E-state index in [4.69, 9.17) is 0 Å². The molecule has 0 saturated carbocycles. The van der Waals surface area contributed by atoms with E-state index in [2.05, 4.69) is 0 Å². The number of carboxylic acids is 1. The van der Waals surface area contributed by atoms with Gasteiger partial charge < -0.3 is 5.11 Å². The van der Waals surface area contributed by atoms with Crippen molar-refractivity contribution in [3.63, 3.8) is 0 Å². The van der Waals surface area contributed by atoms with E-state index in [1.54, 1.807) is 0 Å². The van der Waals surface area contributed by atoms with Gasteiger partial charge in [0.2, 0.25) is 0 Å². The topological polar surface area (TPSA) is 37.3 Å². The molecule has 0 atom stereocenters. The molecule has 0 aromatic rings. The smallest absolute Gasteiger partial charge is 0.315 e. The number of carbonyl (C=O) groups is 1. The van der Waals surface area contributed by atoms with E-state index in [1.165, 1.54) is 0 Å². The van der Waals surface area contributed by atoms with Crippen molar-refractivity contribution in [1.82, 2.24) is 0 Å². The molecule has 420 valence electrons. The predicted octanol–water partition coefficient (Wildman–Crippen LogP) is 12.1. The first-order valence-electron chi connectivity index (χ1n) is 20.4. The lowest BCUT2D eigenvalue weighted by Crippen LogP contribution is -2.82. The van der Waals surface area contributed by atoms with Crippen molar-refractivity contribution < 1.29 is 128 Å². The number of aliphatic carboxylic acids is 1. The zero-order valence-corrected chi connectivity index (χ0v) is 37.2. The van der Waals surface area contributed by atoms with Crippen LogP contribution in [0, 0.1) is 70.4 Å². The van der Waals surface area contributed by atoms with Gasteiger partial charge in [-0.05, 0) is 0 Å². The van der Waals surface area contributed by atoms with Gasteiger partial charge in [-0.3, -0.25) is 115 Å². The molecular weight excluding hydrogens is 1040 g/mol. The Hall–Kier alpha value is -2.42. The van der Waals surface area contributed by atoms with Gasteiger partial charge in [-0.25, -0.2) is 8.78 Å². The van der Waals surface area contributed by atoms with E-state index in [0.29, 0.717) is 0 Å². The number of rotatable bonds is 40. The second kappa shape index (κ2) is 25.7. The summed E-state index contributed by atoms with van der Waals surface area (Å²) < 4.78 is 431. The van der Waals surface area contributed by atoms with E-state index in [0.717, 1.165) is 0 Å². The molecule has 0 saturated heterocycles. The van der Waals surface area contributed by atoms with Crippen molar-refractivity contribution in [3.8, 4) is 0 Å². The van der Waals surface area contributed by atoms with Gasteiger partial charge in [0.05, 0.1) is 169 Å². The summed E-state index contributed by atoms with van der Waals surface area (Å²) >= 11 is 0. The number of halogens is 27. The number of alkyl halides is 27. The largest absolute Gasteiger partial charge is 0.481 e. The third kappa shape index (κ3) is 7.37. The first kappa shape index (κ1) is 67.6. The minimum atomic E-state index is -5.70. The van der Waals surface area contributed by atoms with Crippen molar-refractivity contribution >= 4 is 5.97 Å². The summed E-state index contributed by atoms with van der Waals surface area (Å²) in [6, 6.07) is 0. The van der Waals surface area contributed by atoms with Gasteiger partial charge in [-0.15, -0.1) is 0 Å². The first-order chi connectivity index (χ1) is 33.1. The first-order valence-corrected chi connectivity index (χ1v) is 20.4. The molecule has 0 rings (SSSR count). The lowest BCUT2D eigenvalue weighted by molar-refractivity contribution is -0.349. The van der Waals surface area contributed by atoms with Gasteiger partial charge in [-0.1, -0.05) is 0 Å². The van der Waals surface area contributed by atoms with Crippen LogP contribution in [0.5, 0.6) is 0 Å². The molecule has 0 bridgehead atoms. The van der Waals surface area contributed by atoms with E-state index in [-0.39, 0.29) is 0 Å². The molecule has 0 aliphatic carbocycles. The standard InChI is InChI=1S/C41H55F27O2/c42-1-29(2-43,3-44)31(6-47,7-48)33(10-51,11-52)35(14-55,15-56)37(18-59,19-60)39(22-63,23-64)41(26-67,27-68)40(24-65,25-66)38(20-61,21-62)36(16-57,17-58)34(12-53,13-54)32(8-49,9-50)30(4-45,5-46)28(69)70/h1-27H2,(H,69,70). The Kier molecular flexibility index (Phi) is 24.8. The molecule has 1 N–H and O–H groups in total. The summed E-state index contributed by atoms with van der Waals surface area (Å²) in [6.45, 7) is -94.1. The summed E-state index contributed by atoms with van der Waals surface area (Å²) in [4.78, 5) is 12.5. The van der Waals surface area contributed by atoms with Gasteiger partial charge in [0.15, 0.2) is 0 Å². The van der Waals surface area contributed by atoms with Crippen LogP contribution in [0.4, 0.5) is 119 Å². The maximum atomic E-state index is 16.6. The lowest BCUT2D eigenvalue weighted by atomic mass is 9.29. The Morgan fingerprint density at radius 1 is 0.200 bits per heavy atom. The Morgan fingerprint density at radius 3 is 0.429 bits per heavy atom. The summed E-state index contributed by atoms with van der Waals surface area (Å²) in [5, 5.41) is 9.90. The molecule has 0 radical (unpaired) electrons. The highest BCUT2D eigenvalue weighted by molar-refractivity contribution is 5.77. The summed E-state index contributed by atoms with van der Waals surface area (Å²) in [7, 11) is 0. The molecule has 70 heavy (non-hydrogen) atoms. The van der Waals surface area contributed by atoms with Gasteiger partial charge in [0.25, 0.3) is 0 Å². The minimum absolute atomic E-state index is 2.92. The van der Waals surface area contributed by atoms with Crippen LogP contribution in [0.3, 0.4) is 0 Å². The lowest BCUT2D eigenvalue weighted by Gasteiger charge is -2.73. The Labute approximate surface area is 385 Å². The van der Waals surface area contributed by atoms with Gasteiger partial charge in [0.1, 0.15) is 38.8 Å². The zero-order valence-electron chi connectivity index (χ0n) is 37.2. The van der Waals surface area contributed by atoms with Crippen LogP contribution < -0.4 is 0 Å². The van der Waals surface area contributed by atoms with Gasteiger partial charge in [0, 0.05) is 43.3 Å². The van der Waals surface area contributed by atoms with Crippen LogP contribution in [0.25, 0.3) is 0 Å². The number of carboxylic acid groups (broad SMARTS) is 1. The zero-order chi connectivity index (χ0) is 55.2. The molecule has 0 unspecified atom stereocenters. The average molecular weight is 1090 g/mol. The minimum Gasteiger partial charge on any atom is -0.481 e. The van der Waals surface area contributed by atoms with Gasteiger partial charge in [-0.2, -0.15) is 0 Å². The van der Waals surface area contributed by atoms with E-state index < -0.39 is 257 Å². The highest BCUT2D eigenvalue weighted by Crippen LogP contribution is 2.79. The fourth-order valence-electron chi connectivity index (χ4n) is 12.2. The molecule has 0 aliphatic rings. The van der Waals surface area contributed by atoms with Crippen molar-refractivity contribution in [2.24, 2.45) is 70.4 Å². The fraction of sp³-hybridized carbons (Fsp3) is 0.976. The van der Waals surface area contributed by atoms with E-state index in [1.807, 2.05) is 0 Å². The van der Waals surface area contributed by atoms with Crippen LogP contribution in [0.2, 0.25) is 0 Å². The number of hydrogen-bond donors (Lipinski definition) is 1. The van der Waals surface area contributed by atoms with Crippen LogP contribution in [0.1, 0.15) is 0 Å². The van der Waals surface area contributed by atoms with E-state index in [9.17, 15) is 31.9 Å². The summed E-state index contributed by atoms with van der Waals surface area (Å²) in [6.07, 6.45) is 0. The quantitative estimate of drug-likeness (QED) is 0.0621. The third-order valence-corrected chi connectivity index (χ3v) is 17.7. The van der Waals surface area contributed by atoms with E-state index >= 15 is 96.6 Å². The second-order valence-corrected chi connectivity index (χ2v) is 18.2. The summed E-state index contributed by atoms with van der Waals surface area (Å²) in [5.74, 6) is -3.25. The van der Waals surface area contributed by atoms with Crippen LogP contribution in [0.15, 0.2) is 0 Å². The SMILES string of the molecule is O=C(O)C(CF)(CF)C(CF)(CF)C(CF)(CF)C(CF)(CF)C(CF)(CF)C(CF)(CF)C(CF)(CF)C(CF)(CF)C(CF)(CF)C(CF)(CF)C(CF)(CF)C(CF)(CF)C(CF)(CF)CF. The van der Waals surface area contributed by atoms with Crippen molar-refractivity contribution in [3.05, 3.63) is 0 Å². The number of hydrogen-bond acceptors (Lipinski definition) is 1. The molecule has 0 amide bonds. The molecule has 0 aromatic heterocycles.